The predicted octanol–water partition coefficient (Wildman–Crippen LogP) is 6.47. The third-order valence-electron chi connectivity index (χ3n) is 5.25. The lowest BCUT2D eigenvalue weighted by molar-refractivity contribution is -0.137. The molecule has 34 heavy (non-hydrogen) atoms. The Morgan fingerprint density at radius 1 is 1.09 bits per heavy atom. The highest BCUT2D eigenvalue weighted by molar-refractivity contribution is 6.32. The summed E-state index contributed by atoms with van der Waals surface area (Å²) in [5.74, 6) is -1.87. The first-order valence-corrected chi connectivity index (χ1v) is 10.6. The van der Waals surface area contributed by atoms with Crippen molar-refractivity contribution in [3.05, 3.63) is 103 Å². The SMILES string of the molecule is Cc1cc(Cl)c(/C=C/c2cc(C(F)(F)F)ccc2F)n(CCCc2ccc(C(=O)O)cc2)c1=O. The van der Waals surface area contributed by atoms with Crippen molar-refractivity contribution >= 4 is 29.7 Å². The molecule has 2 aromatic carbocycles. The van der Waals surface area contributed by atoms with Gasteiger partial charge in [0.1, 0.15) is 5.82 Å². The zero-order chi connectivity index (χ0) is 25.0. The third kappa shape index (κ3) is 5.94. The van der Waals surface area contributed by atoms with E-state index in [1.807, 2.05) is 0 Å². The molecule has 1 aromatic heterocycles. The van der Waals surface area contributed by atoms with E-state index in [2.05, 4.69) is 0 Å². The van der Waals surface area contributed by atoms with Crippen LogP contribution < -0.4 is 5.56 Å². The minimum Gasteiger partial charge on any atom is -0.478 e. The molecule has 3 rings (SSSR count). The van der Waals surface area contributed by atoms with Crippen molar-refractivity contribution in [3.63, 3.8) is 0 Å². The molecule has 0 spiro atoms. The van der Waals surface area contributed by atoms with Gasteiger partial charge in [0.2, 0.25) is 0 Å². The standard InChI is InChI=1S/C25H20ClF4NO3/c1-15-13-20(26)22(11-8-18-14-19(25(28,29)30)9-10-21(18)27)31(23(15)32)12-2-3-16-4-6-17(7-5-16)24(33)34/h4-11,13-14H,2-3,12H2,1H3,(H,33,34)/b11-8+. The highest BCUT2D eigenvalue weighted by Gasteiger charge is 2.30. The summed E-state index contributed by atoms with van der Waals surface area (Å²) >= 11 is 6.32. The van der Waals surface area contributed by atoms with E-state index in [-0.39, 0.29) is 33.9 Å². The van der Waals surface area contributed by atoms with Crippen molar-refractivity contribution in [1.82, 2.24) is 4.57 Å². The lowest BCUT2D eigenvalue weighted by atomic mass is 10.1. The Morgan fingerprint density at radius 3 is 2.38 bits per heavy atom. The number of carbonyl (C=O) groups is 1. The zero-order valence-corrected chi connectivity index (χ0v) is 18.8. The van der Waals surface area contributed by atoms with Crippen LogP contribution in [0.15, 0.2) is 53.3 Å². The molecule has 0 unspecified atom stereocenters. The maximum absolute atomic E-state index is 14.1. The summed E-state index contributed by atoms with van der Waals surface area (Å²) in [5.41, 5.74) is 0.0711. The van der Waals surface area contributed by atoms with Crippen molar-refractivity contribution in [2.45, 2.75) is 32.5 Å². The Bertz CT molecular complexity index is 1300. The van der Waals surface area contributed by atoms with Gasteiger partial charge in [0.05, 0.1) is 21.8 Å². The molecule has 0 aliphatic carbocycles. The lowest BCUT2D eigenvalue weighted by Gasteiger charge is -2.14. The monoisotopic (exact) mass is 493 g/mol. The van der Waals surface area contributed by atoms with Gasteiger partial charge in [-0.2, -0.15) is 13.2 Å². The Hall–Kier alpha value is -3.39. The minimum atomic E-state index is -4.62. The zero-order valence-electron chi connectivity index (χ0n) is 18.0. The molecule has 0 fully saturated rings. The lowest BCUT2D eigenvalue weighted by Crippen LogP contribution is -2.25. The summed E-state index contributed by atoms with van der Waals surface area (Å²) < 4.78 is 54.5. The van der Waals surface area contributed by atoms with Crippen molar-refractivity contribution < 1.29 is 27.5 Å². The number of benzene rings is 2. The van der Waals surface area contributed by atoms with E-state index in [4.69, 9.17) is 16.7 Å². The Labute approximate surface area is 197 Å². The van der Waals surface area contributed by atoms with E-state index in [0.717, 1.165) is 17.7 Å². The molecule has 0 radical (unpaired) electrons. The first-order chi connectivity index (χ1) is 16.0. The fraction of sp³-hybridized carbons (Fsp3) is 0.200. The number of aromatic nitrogens is 1. The van der Waals surface area contributed by atoms with Gasteiger partial charge < -0.3 is 9.67 Å². The summed E-state index contributed by atoms with van der Waals surface area (Å²) in [6, 6.07) is 9.90. The van der Waals surface area contributed by atoms with Gasteiger partial charge in [0, 0.05) is 17.7 Å². The number of alkyl halides is 3. The number of carboxylic acid groups (broad SMARTS) is 1. The van der Waals surface area contributed by atoms with Crippen LogP contribution in [-0.4, -0.2) is 15.6 Å². The number of aryl methyl sites for hydroxylation is 2. The second-order valence-corrected chi connectivity index (χ2v) is 8.10. The molecule has 1 N–H and O–H groups in total. The van der Waals surface area contributed by atoms with Gasteiger partial charge in [-0.25, -0.2) is 9.18 Å². The van der Waals surface area contributed by atoms with Crippen LogP contribution in [0.1, 0.15) is 44.7 Å². The largest absolute Gasteiger partial charge is 0.478 e. The molecular weight excluding hydrogens is 474 g/mol. The maximum atomic E-state index is 14.1. The van der Waals surface area contributed by atoms with Crippen LogP contribution in [0.5, 0.6) is 0 Å². The van der Waals surface area contributed by atoms with Gasteiger partial charge in [0.15, 0.2) is 0 Å². The van der Waals surface area contributed by atoms with Gasteiger partial charge in [-0.1, -0.05) is 23.7 Å². The topological polar surface area (TPSA) is 59.3 Å². The van der Waals surface area contributed by atoms with Crippen LogP contribution in [0.25, 0.3) is 12.2 Å². The van der Waals surface area contributed by atoms with Crippen molar-refractivity contribution in [2.24, 2.45) is 0 Å². The Balaban J connectivity index is 1.87. The van der Waals surface area contributed by atoms with Crippen molar-refractivity contribution in [1.29, 1.82) is 0 Å². The molecule has 1 heterocycles. The predicted molar refractivity (Wildman–Crippen MR) is 123 cm³/mol. The second-order valence-electron chi connectivity index (χ2n) is 7.69. The van der Waals surface area contributed by atoms with Crippen molar-refractivity contribution in [3.8, 4) is 0 Å². The highest BCUT2D eigenvalue weighted by Crippen LogP contribution is 2.31. The van der Waals surface area contributed by atoms with Crippen LogP contribution in [0.2, 0.25) is 5.02 Å². The molecule has 0 amide bonds. The van der Waals surface area contributed by atoms with E-state index in [0.29, 0.717) is 30.5 Å². The van der Waals surface area contributed by atoms with E-state index >= 15 is 0 Å². The first kappa shape index (κ1) is 25.2. The summed E-state index contributed by atoms with van der Waals surface area (Å²) in [4.78, 5) is 23.7. The number of hydrogen-bond acceptors (Lipinski definition) is 2. The molecular formula is C25H20ClF4NO3. The fourth-order valence-corrected chi connectivity index (χ4v) is 3.77. The van der Waals surface area contributed by atoms with Gasteiger partial charge in [-0.15, -0.1) is 0 Å². The minimum absolute atomic E-state index is 0.166. The number of nitrogens with zero attached hydrogens (tertiary/aromatic N) is 1. The molecule has 3 aromatic rings. The average Bonchev–Trinajstić information content (AvgIpc) is 2.77. The van der Waals surface area contributed by atoms with E-state index in [1.54, 1.807) is 19.1 Å². The summed E-state index contributed by atoms with van der Waals surface area (Å²) in [6.07, 6.45) is -1.10. The average molecular weight is 494 g/mol. The summed E-state index contributed by atoms with van der Waals surface area (Å²) in [6.45, 7) is 1.83. The molecule has 9 heteroatoms. The summed E-state index contributed by atoms with van der Waals surface area (Å²) in [7, 11) is 0. The first-order valence-electron chi connectivity index (χ1n) is 10.2. The number of pyridine rings is 1. The normalized spacial score (nSPS) is 11.8. The van der Waals surface area contributed by atoms with Gasteiger partial charge in [-0.3, -0.25) is 4.79 Å². The smallest absolute Gasteiger partial charge is 0.416 e. The van der Waals surface area contributed by atoms with Gasteiger partial charge >= 0.3 is 12.1 Å². The van der Waals surface area contributed by atoms with E-state index in [1.165, 1.54) is 28.8 Å². The molecule has 0 saturated heterocycles. The molecule has 0 aliphatic rings. The number of hydrogen-bond donors (Lipinski definition) is 1. The quantitative estimate of drug-likeness (QED) is 0.384. The van der Waals surface area contributed by atoms with Crippen LogP contribution in [-0.2, 0) is 19.1 Å². The van der Waals surface area contributed by atoms with Crippen LogP contribution >= 0.6 is 11.6 Å². The molecule has 0 saturated carbocycles. The number of halogens is 5. The number of carboxylic acids is 1. The molecule has 0 bridgehead atoms. The fourth-order valence-electron chi connectivity index (χ4n) is 3.44. The Kier molecular flexibility index (Phi) is 7.61. The van der Waals surface area contributed by atoms with Crippen LogP contribution in [0.3, 0.4) is 0 Å². The van der Waals surface area contributed by atoms with Crippen molar-refractivity contribution in [2.75, 3.05) is 0 Å². The molecule has 178 valence electrons. The molecule has 4 nitrogen and oxygen atoms in total. The third-order valence-corrected chi connectivity index (χ3v) is 5.56. The van der Waals surface area contributed by atoms with Gasteiger partial charge in [0.25, 0.3) is 5.56 Å². The van der Waals surface area contributed by atoms with Crippen LogP contribution in [0.4, 0.5) is 17.6 Å². The highest BCUT2D eigenvalue weighted by atomic mass is 35.5. The number of rotatable bonds is 7. The maximum Gasteiger partial charge on any atom is 0.416 e. The number of aromatic carboxylic acids is 1. The molecule has 0 aliphatic heterocycles. The molecule has 0 atom stereocenters. The second kappa shape index (κ2) is 10.3. The van der Waals surface area contributed by atoms with Crippen LogP contribution in [0, 0.1) is 12.7 Å². The Morgan fingerprint density at radius 2 is 1.76 bits per heavy atom. The van der Waals surface area contributed by atoms with E-state index < -0.39 is 23.5 Å². The van der Waals surface area contributed by atoms with Gasteiger partial charge in [-0.05, 0) is 73.9 Å². The summed E-state index contributed by atoms with van der Waals surface area (Å²) in [5, 5.41) is 9.18. The van der Waals surface area contributed by atoms with E-state index in [9.17, 15) is 27.2 Å².